The molecule has 0 saturated carbocycles. The first kappa shape index (κ1) is 18.9. The van der Waals surface area contributed by atoms with Crippen LogP contribution in [0.1, 0.15) is 5.56 Å². The molecule has 0 aliphatic carbocycles. The van der Waals surface area contributed by atoms with Crippen molar-refractivity contribution in [3.8, 4) is 0 Å². The lowest BCUT2D eigenvalue weighted by Crippen LogP contribution is -2.42. The van der Waals surface area contributed by atoms with Gasteiger partial charge in [0.25, 0.3) is 0 Å². The maximum atomic E-state index is 11.8. The summed E-state index contributed by atoms with van der Waals surface area (Å²) in [4.78, 5) is 11.8. The Morgan fingerprint density at radius 2 is 2.14 bits per heavy atom. The van der Waals surface area contributed by atoms with E-state index in [1.165, 1.54) is 7.11 Å². The van der Waals surface area contributed by atoms with Gasteiger partial charge in [0.15, 0.2) is 0 Å². The van der Waals surface area contributed by atoms with E-state index in [1.807, 2.05) is 18.2 Å². The molecule has 0 aliphatic rings. The molecule has 22 heavy (non-hydrogen) atoms. The maximum absolute atomic E-state index is 11.8. The molecular formula is C14H21ClN2O4S. The fourth-order valence-electron chi connectivity index (χ4n) is 1.81. The van der Waals surface area contributed by atoms with Crippen molar-refractivity contribution in [1.29, 1.82) is 0 Å². The van der Waals surface area contributed by atoms with E-state index in [2.05, 4.69) is 5.32 Å². The highest BCUT2D eigenvalue weighted by atomic mass is 35.5. The van der Waals surface area contributed by atoms with E-state index in [0.717, 1.165) is 16.1 Å². The van der Waals surface area contributed by atoms with E-state index >= 15 is 0 Å². The smallest absolute Gasteiger partial charge is 0.235 e. The van der Waals surface area contributed by atoms with E-state index in [4.69, 9.17) is 16.3 Å². The first-order valence-corrected chi connectivity index (χ1v) is 9.00. The minimum absolute atomic E-state index is 0.150. The van der Waals surface area contributed by atoms with Crippen molar-refractivity contribution in [3.05, 3.63) is 34.9 Å². The number of methoxy groups -OCH3 is 1. The normalized spacial score (nSPS) is 11.6. The van der Waals surface area contributed by atoms with Crippen LogP contribution in [-0.2, 0) is 26.0 Å². The van der Waals surface area contributed by atoms with Crippen molar-refractivity contribution >= 4 is 27.5 Å². The largest absolute Gasteiger partial charge is 0.383 e. The molecule has 0 fully saturated rings. The van der Waals surface area contributed by atoms with Gasteiger partial charge in [-0.1, -0.05) is 23.7 Å². The van der Waals surface area contributed by atoms with Crippen LogP contribution in [0.25, 0.3) is 0 Å². The SMILES string of the molecule is COCCN(CC(=O)NCCc1cccc(Cl)c1)S(C)(=O)=O. The molecule has 0 radical (unpaired) electrons. The Morgan fingerprint density at radius 3 is 2.73 bits per heavy atom. The van der Waals surface area contributed by atoms with Gasteiger partial charge in [0.2, 0.25) is 15.9 Å². The molecule has 1 aromatic carbocycles. The molecule has 0 heterocycles. The Kier molecular flexibility index (Phi) is 7.81. The van der Waals surface area contributed by atoms with Crippen molar-refractivity contribution < 1.29 is 17.9 Å². The van der Waals surface area contributed by atoms with Crippen LogP contribution in [0.15, 0.2) is 24.3 Å². The number of benzene rings is 1. The molecule has 124 valence electrons. The molecule has 0 spiro atoms. The zero-order valence-electron chi connectivity index (χ0n) is 12.7. The van der Waals surface area contributed by atoms with Crippen LogP contribution in [-0.4, -0.2) is 58.2 Å². The number of hydrogen-bond acceptors (Lipinski definition) is 4. The number of amides is 1. The molecule has 8 heteroatoms. The lowest BCUT2D eigenvalue weighted by Gasteiger charge is -2.18. The Morgan fingerprint density at radius 1 is 1.41 bits per heavy atom. The molecule has 1 aromatic rings. The van der Waals surface area contributed by atoms with Gasteiger partial charge in [0.1, 0.15) is 0 Å². The third-order valence-electron chi connectivity index (χ3n) is 2.96. The second-order valence-electron chi connectivity index (χ2n) is 4.82. The zero-order valence-corrected chi connectivity index (χ0v) is 14.3. The van der Waals surface area contributed by atoms with Crippen LogP contribution >= 0.6 is 11.6 Å². The summed E-state index contributed by atoms with van der Waals surface area (Å²) in [6, 6.07) is 7.37. The second kappa shape index (κ2) is 9.09. The Balaban J connectivity index is 2.43. The predicted octanol–water partition coefficient (Wildman–Crippen LogP) is 0.907. The second-order valence-corrected chi connectivity index (χ2v) is 7.24. The molecular weight excluding hydrogens is 328 g/mol. The Bertz CT molecular complexity index is 592. The number of sulfonamides is 1. The number of rotatable bonds is 9. The van der Waals surface area contributed by atoms with Gasteiger partial charge in [0, 0.05) is 25.2 Å². The summed E-state index contributed by atoms with van der Waals surface area (Å²) in [5.74, 6) is -0.344. The number of carbonyl (C=O) groups excluding carboxylic acids is 1. The molecule has 6 nitrogen and oxygen atoms in total. The van der Waals surface area contributed by atoms with Crippen LogP contribution < -0.4 is 5.32 Å². The highest BCUT2D eigenvalue weighted by Crippen LogP contribution is 2.10. The van der Waals surface area contributed by atoms with E-state index in [-0.39, 0.29) is 25.6 Å². The monoisotopic (exact) mass is 348 g/mol. The molecule has 0 unspecified atom stereocenters. The van der Waals surface area contributed by atoms with Crippen molar-refractivity contribution in [3.63, 3.8) is 0 Å². The van der Waals surface area contributed by atoms with E-state index in [1.54, 1.807) is 6.07 Å². The summed E-state index contributed by atoms with van der Waals surface area (Å²) < 4.78 is 29.1. The number of carbonyl (C=O) groups is 1. The minimum Gasteiger partial charge on any atom is -0.383 e. The summed E-state index contributed by atoms with van der Waals surface area (Å²) in [6.45, 7) is 0.596. The quantitative estimate of drug-likeness (QED) is 0.719. The Labute approximate surface area is 136 Å². The number of nitrogens with zero attached hydrogens (tertiary/aromatic N) is 1. The lowest BCUT2D eigenvalue weighted by molar-refractivity contribution is -0.121. The van der Waals surface area contributed by atoms with Crippen LogP contribution in [0.5, 0.6) is 0 Å². The summed E-state index contributed by atoms with van der Waals surface area (Å²) in [7, 11) is -1.96. The fourth-order valence-corrected chi connectivity index (χ4v) is 2.78. The van der Waals surface area contributed by atoms with Gasteiger partial charge in [-0.25, -0.2) is 8.42 Å². The number of halogens is 1. The average Bonchev–Trinajstić information content (AvgIpc) is 2.42. The van der Waals surface area contributed by atoms with Gasteiger partial charge in [-0.15, -0.1) is 0 Å². The van der Waals surface area contributed by atoms with Gasteiger partial charge in [-0.3, -0.25) is 4.79 Å². The van der Waals surface area contributed by atoms with E-state index < -0.39 is 10.0 Å². The van der Waals surface area contributed by atoms with Crippen LogP contribution in [0.2, 0.25) is 5.02 Å². The van der Waals surface area contributed by atoms with Gasteiger partial charge in [-0.2, -0.15) is 4.31 Å². The first-order valence-electron chi connectivity index (χ1n) is 6.78. The molecule has 1 rings (SSSR count). The molecule has 0 saturated heterocycles. The summed E-state index contributed by atoms with van der Waals surface area (Å²) in [6.07, 6.45) is 1.70. The van der Waals surface area contributed by atoms with Crippen molar-refractivity contribution in [2.24, 2.45) is 0 Å². The van der Waals surface area contributed by atoms with E-state index in [0.29, 0.717) is 18.0 Å². The van der Waals surface area contributed by atoms with Crippen molar-refractivity contribution in [1.82, 2.24) is 9.62 Å². The minimum atomic E-state index is -3.44. The predicted molar refractivity (Wildman–Crippen MR) is 86.5 cm³/mol. The number of ether oxygens (including phenoxy) is 1. The third-order valence-corrected chi connectivity index (χ3v) is 4.44. The highest BCUT2D eigenvalue weighted by Gasteiger charge is 2.19. The number of nitrogens with one attached hydrogen (secondary N) is 1. The van der Waals surface area contributed by atoms with Crippen molar-refractivity contribution in [2.45, 2.75) is 6.42 Å². The summed E-state index contributed by atoms with van der Waals surface area (Å²) >= 11 is 5.88. The first-order chi connectivity index (χ1) is 10.3. The van der Waals surface area contributed by atoms with Crippen molar-refractivity contribution in [2.75, 3.05) is 39.6 Å². The van der Waals surface area contributed by atoms with Crippen LogP contribution in [0, 0.1) is 0 Å². The van der Waals surface area contributed by atoms with Gasteiger partial charge in [-0.05, 0) is 24.1 Å². The fraction of sp³-hybridized carbons (Fsp3) is 0.500. The molecule has 1 N–H and O–H groups in total. The molecule has 1 amide bonds. The third kappa shape index (κ3) is 7.22. The molecule has 0 aromatic heterocycles. The molecule has 0 aliphatic heterocycles. The summed E-state index contributed by atoms with van der Waals surface area (Å²) in [5.41, 5.74) is 1.01. The van der Waals surface area contributed by atoms with Gasteiger partial charge >= 0.3 is 0 Å². The standard InChI is InChI=1S/C14H21ClN2O4S/c1-21-9-8-17(22(2,19)20)11-14(18)16-7-6-12-4-3-5-13(15)10-12/h3-5,10H,6-9,11H2,1-2H3,(H,16,18). The molecule has 0 bridgehead atoms. The zero-order chi connectivity index (χ0) is 16.6. The number of hydrogen-bond donors (Lipinski definition) is 1. The van der Waals surface area contributed by atoms with Gasteiger partial charge in [0.05, 0.1) is 19.4 Å². The lowest BCUT2D eigenvalue weighted by atomic mass is 10.1. The topological polar surface area (TPSA) is 75.7 Å². The van der Waals surface area contributed by atoms with Crippen LogP contribution in [0.3, 0.4) is 0 Å². The molecule has 0 atom stereocenters. The average molecular weight is 349 g/mol. The van der Waals surface area contributed by atoms with Gasteiger partial charge < -0.3 is 10.1 Å². The summed E-state index contributed by atoms with van der Waals surface area (Å²) in [5, 5.41) is 3.35. The van der Waals surface area contributed by atoms with E-state index in [9.17, 15) is 13.2 Å². The highest BCUT2D eigenvalue weighted by molar-refractivity contribution is 7.88. The van der Waals surface area contributed by atoms with Crippen LogP contribution in [0.4, 0.5) is 0 Å². The Hall–Kier alpha value is -1.15. The maximum Gasteiger partial charge on any atom is 0.235 e.